The zero-order chi connectivity index (χ0) is 22.2. The third-order valence-electron chi connectivity index (χ3n) is 5.03. The van der Waals surface area contributed by atoms with Gasteiger partial charge in [-0.2, -0.15) is 0 Å². The van der Waals surface area contributed by atoms with Crippen LogP contribution in [-0.4, -0.2) is 12.0 Å². The zero-order valence-electron chi connectivity index (χ0n) is 17.9. The molecule has 1 atom stereocenters. The summed E-state index contributed by atoms with van der Waals surface area (Å²) in [5, 5.41) is 2.92. The van der Waals surface area contributed by atoms with E-state index in [2.05, 4.69) is 17.4 Å². The summed E-state index contributed by atoms with van der Waals surface area (Å²) in [6.07, 6.45) is -0.667. The van der Waals surface area contributed by atoms with Crippen LogP contribution in [-0.2, 0) is 11.4 Å². The highest BCUT2D eigenvalue weighted by atomic mass is 16.5. The van der Waals surface area contributed by atoms with Crippen molar-refractivity contribution in [3.05, 3.63) is 115 Å². The average Bonchev–Trinajstić information content (AvgIpc) is 2.85. The van der Waals surface area contributed by atoms with Crippen LogP contribution in [0, 0.1) is 0 Å². The summed E-state index contributed by atoms with van der Waals surface area (Å²) in [5.74, 6) is 1.01. The summed E-state index contributed by atoms with van der Waals surface area (Å²) in [5.41, 5.74) is 3.91. The molecule has 4 nitrogen and oxygen atoms in total. The van der Waals surface area contributed by atoms with Crippen LogP contribution in [0.2, 0.25) is 0 Å². The Labute approximate surface area is 188 Å². The van der Waals surface area contributed by atoms with Gasteiger partial charge in [0.15, 0.2) is 6.10 Å². The molecule has 4 aromatic rings. The Hall–Kier alpha value is -4.05. The first-order valence-corrected chi connectivity index (χ1v) is 10.6. The molecule has 0 aliphatic heterocycles. The molecule has 1 amide bonds. The van der Waals surface area contributed by atoms with Gasteiger partial charge < -0.3 is 14.8 Å². The molecule has 0 saturated heterocycles. The average molecular weight is 424 g/mol. The maximum atomic E-state index is 12.7. The molecule has 0 spiro atoms. The molecule has 4 heteroatoms. The van der Waals surface area contributed by atoms with Crippen molar-refractivity contribution >= 4 is 11.6 Å². The van der Waals surface area contributed by atoms with Gasteiger partial charge in [-0.3, -0.25) is 4.79 Å². The van der Waals surface area contributed by atoms with E-state index >= 15 is 0 Å². The lowest BCUT2D eigenvalue weighted by Gasteiger charge is -2.17. The fraction of sp³-hybridized carbons (Fsp3) is 0.107. The Bertz CT molecular complexity index is 1140. The van der Waals surface area contributed by atoms with Gasteiger partial charge in [0, 0.05) is 0 Å². The van der Waals surface area contributed by atoms with Crippen LogP contribution < -0.4 is 14.8 Å². The van der Waals surface area contributed by atoms with Crippen molar-refractivity contribution in [3.63, 3.8) is 0 Å². The quantitative estimate of drug-likeness (QED) is 0.360. The summed E-state index contributed by atoms with van der Waals surface area (Å²) < 4.78 is 11.8. The van der Waals surface area contributed by atoms with Gasteiger partial charge in [0.05, 0.1) is 5.69 Å². The molecule has 160 valence electrons. The summed E-state index contributed by atoms with van der Waals surface area (Å²) in [6.45, 7) is 2.15. The van der Waals surface area contributed by atoms with E-state index in [1.165, 1.54) is 0 Å². The summed E-state index contributed by atoms with van der Waals surface area (Å²) >= 11 is 0. The van der Waals surface area contributed by atoms with Gasteiger partial charge in [-0.05, 0) is 47.9 Å². The minimum absolute atomic E-state index is 0.243. The molecular weight excluding hydrogens is 398 g/mol. The first-order chi connectivity index (χ1) is 15.7. The highest BCUT2D eigenvalue weighted by Crippen LogP contribution is 2.26. The Balaban J connectivity index is 1.36. The number of benzene rings is 4. The first kappa shape index (κ1) is 21.2. The van der Waals surface area contributed by atoms with Gasteiger partial charge in [-0.1, -0.05) is 84.9 Å². The van der Waals surface area contributed by atoms with Crippen molar-refractivity contribution in [3.8, 4) is 22.6 Å². The molecule has 0 saturated carbocycles. The van der Waals surface area contributed by atoms with Crippen LogP contribution in [0.1, 0.15) is 12.5 Å². The van der Waals surface area contributed by atoms with Crippen LogP contribution in [0.5, 0.6) is 11.5 Å². The molecule has 32 heavy (non-hydrogen) atoms. The largest absolute Gasteiger partial charge is 0.487 e. The van der Waals surface area contributed by atoms with Gasteiger partial charge in [0.2, 0.25) is 0 Å². The maximum absolute atomic E-state index is 12.7. The highest BCUT2D eigenvalue weighted by molar-refractivity contribution is 5.95. The molecular formula is C28H25NO3. The van der Waals surface area contributed by atoms with Gasteiger partial charge in [0.1, 0.15) is 18.1 Å². The van der Waals surface area contributed by atoms with Crippen LogP contribution >= 0.6 is 0 Å². The second kappa shape index (κ2) is 10.3. The number of para-hydroxylation sites is 2. The fourth-order valence-corrected chi connectivity index (χ4v) is 3.28. The lowest BCUT2D eigenvalue weighted by molar-refractivity contribution is -0.122. The number of rotatable bonds is 8. The Morgan fingerprint density at radius 1 is 0.750 bits per heavy atom. The Morgan fingerprint density at radius 3 is 2.06 bits per heavy atom. The molecule has 0 heterocycles. The molecule has 4 rings (SSSR count). The van der Waals surface area contributed by atoms with Crippen LogP contribution in [0.15, 0.2) is 109 Å². The normalized spacial score (nSPS) is 11.4. The fourth-order valence-electron chi connectivity index (χ4n) is 3.28. The summed E-state index contributed by atoms with van der Waals surface area (Å²) in [6, 6.07) is 35.2. The van der Waals surface area contributed by atoms with E-state index in [1.54, 1.807) is 6.92 Å². The number of hydrogen-bond acceptors (Lipinski definition) is 3. The molecule has 4 aromatic carbocycles. The number of nitrogens with one attached hydrogen (secondary N) is 1. The minimum atomic E-state index is -0.667. The Kier molecular flexibility index (Phi) is 6.83. The topological polar surface area (TPSA) is 47.6 Å². The lowest BCUT2D eigenvalue weighted by atomic mass is 10.1. The van der Waals surface area contributed by atoms with Gasteiger partial charge in [-0.25, -0.2) is 0 Å². The van der Waals surface area contributed by atoms with E-state index in [4.69, 9.17) is 9.47 Å². The monoisotopic (exact) mass is 423 g/mol. The molecule has 1 N–H and O–H groups in total. The van der Waals surface area contributed by atoms with E-state index < -0.39 is 6.10 Å². The third kappa shape index (κ3) is 5.55. The molecule has 0 bridgehead atoms. The number of anilines is 1. The third-order valence-corrected chi connectivity index (χ3v) is 5.03. The standard InChI is InChI=1S/C28H25NO3/c1-21(32-25-18-16-24(17-19-25)23-12-6-3-7-13-23)28(30)29-26-14-8-9-15-27(26)31-20-22-10-4-2-5-11-22/h2-19,21H,20H2,1H3,(H,29,30). The number of hydrogen-bond donors (Lipinski definition) is 1. The summed E-state index contributed by atoms with van der Waals surface area (Å²) in [4.78, 5) is 12.7. The van der Waals surface area contributed by atoms with Crippen LogP contribution in [0.3, 0.4) is 0 Å². The van der Waals surface area contributed by atoms with Gasteiger partial charge >= 0.3 is 0 Å². The zero-order valence-corrected chi connectivity index (χ0v) is 17.9. The number of carbonyl (C=O) groups excluding carboxylic acids is 1. The predicted molar refractivity (Wildman–Crippen MR) is 128 cm³/mol. The van der Waals surface area contributed by atoms with Crippen molar-refractivity contribution in [2.75, 3.05) is 5.32 Å². The lowest BCUT2D eigenvalue weighted by Crippen LogP contribution is -2.30. The molecule has 0 radical (unpaired) electrons. The van der Waals surface area contributed by atoms with Crippen molar-refractivity contribution in [1.29, 1.82) is 0 Å². The summed E-state index contributed by atoms with van der Waals surface area (Å²) in [7, 11) is 0. The van der Waals surface area contributed by atoms with Gasteiger partial charge in [0.25, 0.3) is 5.91 Å². The smallest absolute Gasteiger partial charge is 0.265 e. The molecule has 0 aliphatic carbocycles. The van der Waals surface area contributed by atoms with E-state index in [1.807, 2.05) is 97.1 Å². The number of amides is 1. The maximum Gasteiger partial charge on any atom is 0.265 e. The molecule has 0 aliphatic rings. The Morgan fingerprint density at radius 2 is 1.34 bits per heavy atom. The number of ether oxygens (including phenoxy) is 2. The molecule has 0 aromatic heterocycles. The van der Waals surface area contributed by atoms with E-state index in [0.717, 1.165) is 16.7 Å². The SMILES string of the molecule is CC(Oc1ccc(-c2ccccc2)cc1)C(=O)Nc1ccccc1OCc1ccccc1. The van der Waals surface area contributed by atoms with Crippen molar-refractivity contribution in [1.82, 2.24) is 0 Å². The predicted octanol–water partition coefficient (Wildman–Crippen LogP) is 6.34. The van der Waals surface area contributed by atoms with E-state index in [-0.39, 0.29) is 5.91 Å². The highest BCUT2D eigenvalue weighted by Gasteiger charge is 2.17. The van der Waals surface area contributed by atoms with Crippen molar-refractivity contribution in [2.45, 2.75) is 19.6 Å². The first-order valence-electron chi connectivity index (χ1n) is 10.6. The number of carbonyl (C=O) groups is 1. The molecule has 0 fully saturated rings. The van der Waals surface area contributed by atoms with Crippen molar-refractivity contribution < 1.29 is 14.3 Å². The van der Waals surface area contributed by atoms with E-state index in [9.17, 15) is 4.79 Å². The van der Waals surface area contributed by atoms with Crippen LogP contribution in [0.25, 0.3) is 11.1 Å². The molecule has 1 unspecified atom stereocenters. The van der Waals surface area contributed by atoms with Crippen molar-refractivity contribution in [2.24, 2.45) is 0 Å². The minimum Gasteiger partial charge on any atom is -0.487 e. The van der Waals surface area contributed by atoms with E-state index in [0.29, 0.717) is 23.8 Å². The van der Waals surface area contributed by atoms with Crippen LogP contribution in [0.4, 0.5) is 5.69 Å². The second-order valence-corrected chi connectivity index (χ2v) is 7.41. The second-order valence-electron chi connectivity index (χ2n) is 7.41. The van der Waals surface area contributed by atoms with Gasteiger partial charge in [-0.15, -0.1) is 0 Å².